The highest BCUT2D eigenvalue weighted by atomic mass is 127. The van der Waals surface area contributed by atoms with Crippen molar-refractivity contribution in [3.63, 3.8) is 0 Å². The summed E-state index contributed by atoms with van der Waals surface area (Å²) in [6.45, 7) is 0. The average molecular weight is 307 g/mol. The van der Waals surface area contributed by atoms with Crippen molar-refractivity contribution in [2.24, 2.45) is 4.99 Å². The van der Waals surface area contributed by atoms with Crippen LogP contribution in [0, 0.1) is 3.57 Å². The Balaban J connectivity index is 2.15. The number of halogens is 1. The normalized spacial score (nSPS) is 10.7. The van der Waals surface area contributed by atoms with Crippen molar-refractivity contribution in [1.29, 1.82) is 0 Å². The van der Waals surface area contributed by atoms with Gasteiger partial charge in [-0.05, 0) is 52.4 Å². The molecule has 0 aromatic heterocycles. The second-order valence-corrected chi connectivity index (χ2v) is 4.39. The Morgan fingerprint density at radius 2 is 1.53 bits per heavy atom. The summed E-state index contributed by atoms with van der Waals surface area (Å²) in [7, 11) is 0. The molecule has 0 aliphatic rings. The van der Waals surface area contributed by atoms with Crippen LogP contribution in [0.15, 0.2) is 59.6 Å². The van der Waals surface area contributed by atoms with Gasteiger partial charge in [0.05, 0.1) is 5.69 Å². The number of aliphatic imine (C=N–C) groups is 1. The Kier molecular flexibility index (Phi) is 3.50. The van der Waals surface area contributed by atoms with E-state index in [4.69, 9.17) is 0 Å². The van der Waals surface area contributed by atoms with Gasteiger partial charge < -0.3 is 0 Å². The maximum atomic E-state index is 4.39. The summed E-state index contributed by atoms with van der Waals surface area (Å²) in [4.78, 5) is 4.39. The average Bonchev–Trinajstić information content (AvgIpc) is 2.30. The molecule has 15 heavy (non-hydrogen) atoms. The Bertz CT molecular complexity index is 446. The van der Waals surface area contributed by atoms with Gasteiger partial charge >= 0.3 is 0 Å². The zero-order valence-electron chi connectivity index (χ0n) is 8.10. The molecule has 74 valence electrons. The SMILES string of the molecule is Ic1ccc(N=Cc2ccccc2)cc1. The lowest BCUT2D eigenvalue weighted by Crippen LogP contribution is -1.77. The van der Waals surface area contributed by atoms with Gasteiger partial charge in [0.25, 0.3) is 0 Å². The van der Waals surface area contributed by atoms with E-state index in [0.29, 0.717) is 0 Å². The fourth-order valence-corrected chi connectivity index (χ4v) is 1.57. The number of rotatable bonds is 2. The van der Waals surface area contributed by atoms with Gasteiger partial charge in [0.1, 0.15) is 0 Å². The van der Waals surface area contributed by atoms with E-state index in [1.165, 1.54) is 3.57 Å². The van der Waals surface area contributed by atoms with E-state index in [9.17, 15) is 0 Å². The molecule has 0 bridgehead atoms. The molecular weight excluding hydrogens is 297 g/mol. The fraction of sp³-hybridized carbons (Fsp3) is 0. The monoisotopic (exact) mass is 307 g/mol. The van der Waals surface area contributed by atoms with Gasteiger partial charge in [-0.25, -0.2) is 0 Å². The molecule has 0 aliphatic carbocycles. The maximum Gasteiger partial charge on any atom is 0.0630 e. The molecule has 0 fully saturated rings. The quantitative estimate of drug-likeness (QED) is 0.586. The Morgan fingerprint density at radius 3 is 2.20 bits per heavy atom. The van der Waals surface area contributed by atoms with E-state index in [-0.39, 0.29) is 0 Å². The van der Waals surface area contributed by atoms with E-state index in [1.54, 1.807) is 0 Å². The highest BCUT2D eigenvalue weighted by Gasteiger charge is 1.88. The van der Waals surface area contributed by atoms with Crippen molar-refractivity contribution in [2.45, 2.75) is 0 Å². The van der Waals surface area contributed by atoms with Crippen molar-refractivity contribution in [3.8, 4) is 0 Å². The molecule has 2 aromatic rings. The summed E-state index contributed by atoms with van der Waals surface area (Å²) in [5, 5.41) is 0. The Morgan fingerprint density at radius 1 is 0.867 bits per heavy atom. The molecule has 0 radical (unpaired) electrons. The molecular formula is C13H10IN. The summed E-state index contributed by atoms with van der Waals surface area (Å²) in [6, 6.07) is 18.2. The van der Waals surface area contributed by atoms with E-state index >= 15 is 0 Å². The van der Waals surface area contributed by atoms with Crippen LogP contribution in [0.3, 0.4) is 0 Å². The maximum absolute atomic E-state index is 4.39. The molecule has 0 saturated carbocycles. The summed E-state index contributed by atoms with van der Waals surface area (Å²) in [5.41, 5.74) is 2.11. The van der Waals surface area contributed by atoms with Crippen molar-refractivity contribution in [1.82, 2.24) is 0 Å². The lowest BCUT2D eigenvalue weighted by Gasteiger charge is -1.94. The third-order valence-electron chi connectivity index (χ3n) is 1.99. The number of hydrogen-bond acceptors (Lipinski definition) is 1. The van der Waals surface area contributed by atoms with Crippen molar-refractivity contribution >= 4 is 34.5 Å². The highest BCUT2D eigenvalue weighted by molar-refractivity contribution is 14.1. The minimum Gasteiger partial charge on any atom is -0.256 e. The fourth-order valence-electron chi connectivity index (χ4n) is 1.22. The molecule has 0 unspecified atom stereocenters. The summed E-state index contributed by atoms with van der Waals surface area (Å²) >= 11 is 2.28. The van der Waals surface area contributed by atoms with E-state index < -0.39 is 0 Å². The third kappa shape index (κ3) is 3.16. The smallest absolute Gasteiger partial charge is 0.0630 e. The Hall–Kier alpha value is -1.16. The Labute approximate surface area is 103 Å². The van der Waals surface area contributed by atoms with Gasteiger partial charge in [-0.1, -0.05) is 30.3 Å². The van der Waals surface area contributed by atoms with E-state index in [0.717, 1.165) is 11.3 Å². The van der Waals surface area contributed by atoms with Gasteiger partial charge in [0, 0.05) is 9.78 Å². The lowest BCUT2D eigenvalue weighted by molar-refractivity contribution is 1.51. The first kappa shape index (κ1) is 10.4. The second kappa shape index (κ2) is 5.07. The predicted octanol–water partition coefficient (Wildman–Crippen LogP) is 4.04. The molecule has 0 atom stereocenters. The van der Waals surface area contributed by atoms with E-state index in [1.807, 2.05) is 48.7 Å². The third-order valence-corrected chi connectivity index (χ3v) is 2.71. The summed E-state index contributed by atoms with van der Waals surface area (Å²) in [5.74, 6) is 0. The number of hydrogen-bond donors (Lipinski definition) is 0. The van der Waals surface area contributed by atoms with Crippen LogP contribution in [-0.2, 0) is 0 Å². The summed E-state index contributed by atoms with van der Waals surface area (Å²) < 4.78 is 1.23. The standard InChI is InChI=1S/C13H10IN/c14-12-6-8-13(9-7-12)15-10-11-4-2-1-3-5-11/h1-10H. The summed E-state index contributed by atoms with van der Waals surface area (Å²) in [6.07, 6.45) is 1.88. The predicted molar refractivity (Wildman–Crippen MR) is 72.9 cm³/mol. The highest BCUT2D eigenvalue weighted by Crippen LogP contribution is 2.14. The number of benzene rings is 2. The van der Waals surface area contributed by atoms with Crippen LogP contribution in [0.25, 0.3) is 0 Å². The first-order valence-corrected chi connectivity index (χ1v) is 5.77. The topological polar surface area (TPSA) is 12.4 Å². The van der Waals surface area contributed by atoms with Crippen LogP contribution in [0.5, 0.6) is 0 Å². The molecule has 0 saturated heterocycles. The van der Waals surface area contributed by atoms with Crippen LogP contribution in [0.4, 0.5) is 5.69 Å². The molecule has 1 nitrogen and oxygen atoms in total. The van der Waals surface area contributed by atoms with Gasteiger partial charge in [-0.15, -0.1) is 0 Å². The molecule has 0 amide bonds. The minimum absolute atomic E-state index is 0.985. The largest absolute Gasteiger partial charge is 0.256 e. The van der Waals surface area contributed by atoms with Gasteiger partial charge in [-0.2, -0.15) is 0 Å². The van der Waals surface area contributed by atoms with E-state index in [2.05, 4.69) is 39.7 Å². The zero-order valence-corrected chi connectivity index (χ0v) is 10.3. The molecule has 0 aliphatic heterocycles. The van der Waals surface area contributed by atoms with Crippen LogP contribution in [-0.4, -0.2) is 6.21 Å². The first-order valence-electron chi connectivity index (χ1n) is 4.69. The molecule has 2 aromatic carbocycles. The molecule has 0 heterocycles. The lowest BCUT2D eigenvalue weighted by atomic mass is 10.2. The van der Waals surface area contributed by atoms with Crippen molar-refractivity contribution < 1.29 is 0 Å². The van der Waals surface area contributed by atoms with Gasteiger partial charge in [0.15, 0.2) is 0 Å². The van der Waals surface area contributed by atoms with Crippen LogP contribution >= 0.6 is 22.6 Å². The number of nitrogens with zero attached hydrogens (tertiary/aromatic N) is 1. The molecule has 2 heteroatoms. The minimum atomic E-state index is 0.985. The van der Waals surface area contributed by atoms with Crippen LogP contribution in [0.2, 0.25) is 0 Å². The molecule has 0 N–H and O–H groups in total. The zero-order chi connectivity index (χ0) is 10.5. The molecule has 0 spiro atoms. The van der Waals surface area contributed by atoms with Crippen molar-refractivity contribution in [3.05, 3.63) is 63.7 Å². The second-order valence-electron chi connectivity index (χ2n) is 3.15. The van der Waals surface area contributed by atoms with Crippen LogP contribution in [0.1, 0.15) is 5.56 Å². The van der Waals surface area contributed by atoms with Crippen molar-refractivity contribution in [2.75, 3.05) is 0 Å². The van der Waals surface area contributed by atoms with Gasteiger partial charge in [0.2, 0.25) is 0 Å². The van der Waals surface area contributed by atoms with Gasteiger partial charge in [-0.3, -0.25) is 4.99 Å². The van der Waals surface area contributed by atoms with Crippen LogP contribution < -0.4 is 0 Å². The first-order chi connectivity index (χ1) is 7.34. The molecule has 2 rings (SSSR count).